The molecule has 0 aromatic carbocycles. The molecule has 0 radical (unpaired) electrons. The van der Waals surface area contributed by atoms with Crippen molar-refractivity contribution < 1.29 is 9.21 Å². The number of fused-ring (bicyclic) bond motifs is 4. The van der Waals surface area contributed by atoms with Gasteiger partial charge in [-0.05, 0) is 36.6 Å². The van der Waals surface area contributed by atoms with Crippen LogP contribution in [0, 0.1) is 5.92 Å². The maximum absolute atomic E-state index is 12.4. The summed E-state index contributed by atoms with van der Waals surface area (Å²) in [5.41, 5.74) is 1.12. The van der Waals surface area contributed by atoms with Crippen LogP contribution in [0.2, 0.25) is 0 Å². The van der Waals surface area contributed by atoms with Crippen LogP contribution in [-0.4, -0.2) is 28.5 Å². The monoisotopic (exact) mass is 310 g/mol. The van der Waals surface area contributed by atoms with Gasteiger partial charge in [0.15, 0.2) is 0 Å². The van der Waals surface area contributed by atoms with Gasteiger partial charge in [-0.15, -0.1) is 0 Å². The first-order chi connectivity index (χ1) is 11.2. The summed E-state index contributed by atoms with van der Waals surface area (Å²) in [4.78, 5) is 26.3. The minimum Gasteiger partial charge on any atom is -0.465 e. The highest BCUT2D eigenvalue weighted by Crippen LogP contribution is 2.34. The third-order valence-electron chi connectivity index (χ3n) is 4.72. The first-order valence-corrected chi connectivity index (χ1v) is 7.91. The van der Waals surface area contributed by atoms with Crippen molar-refractivity contribution in [2.75, 3.05) is 13.1 Å². The van der Waals surface area contributed by atoms with Crippen molar-refractivity contribution in [1.82, 2.24) is 9.47 Å². The molecule has 0 aliphatic carbocycles. The smallest absolute Gasteiger partial charge is 0.250 e. The second-order valence-electron chi connectivity index (χ2n) is 6.29. The van der Waals surface area contributed by atoms with Crippen molar-refractivity contribution in [1.29, 1.82) is 0 Å². The van der Waals surface area contributed by atoms with Crippen LogP contribution in [-0.2, 0) is 11.3 Å². The highest BCUT2D eigenvalue weighted by Gasteiger charge is 2.35. The third kappa shape index (κ3) is 2.63. The summed E-state index contributed by atoms with van der Waals surface area (Å²) in [6, 6.07) is 9.04. The van der Waals surface area contributed by atoms with Crippen LogP contribution in [0.5, 0.6) is 0 Å². The van der Waals surface area contributed by atoms with Gasteiger partial charge in [0.1, 0.15) is 5.76 Å². The molecule has 0 N–H and O–H groups in total. The van der Waals surface area contributed by atoms with E-state index < -0.39 is 0 Å². The molecule has 4 heterocycles. The van der Waals surface area contributed by atoms with E-state index in [-0.39, 0.29) is 17.4 Å². The molecule has 5 nitrogen and oxygen atoms in total. The van der Waals surface area contributed by atoms with Gasteiger partial charge in [-0.25, -0.2) is 0 Å². The first-order valence-electron chi connectivity index (χ1n) is 7.91. The third-order valence-corrected chi connectivity index (χ3v) is 4.72. The zero-order chi connectivity index (χ0) is 15.8. The molecule has 1 fully saturated rings. The van der Waals surface area contributed by atoms with Gasteiger partial charge < -0.3 is 13.9 Å². The van der Waals surface area contributed by atoms with Crippen LogP contribution >= 0.6 is 0 Å². The van der Waals surface area contributed by atoms with E-state index in [0.717, 1.165) is 12.1 Å². The summed E-state index contributed by atoms with van der Waals surface area (Å²) in [7, 11) is 0. The van der Waals surface area contributed by atoms with E-state index in [2.05, 4.69) is 0 Å². The minimum atomic E-state index is 0.00262. The summed E-state index contributed by atoms with van der Waals surface area (Å²) in [6.45, 7) is 2.08. The maximum atomic E-state index is 12.4. The minimum absolute atomic E-state index is 0.00262. The molecule has 1 amide bonds. The Labute approximate surface area is 133 Å². The van der Waals surface area contributed by atoms with E-state index in [0.29, 0.717) is 31.3 Å². The van der Waals surface area contributed by atoms with Gasteiger partial charge in [-0.1, -0.05) is 6.07 Å². The van der Waals surface area contributed by atoms with Crippen LogP contribution in [0.4, 0.5) is 0 Å². The summed E-state index contributed by atoms with van der Waals surface area (Å²) in [6.07, 6.45) is 5.91. The van der Waals surface area contributed by atoms with Crippen molar-refractivity contribution in [3.63, 3.8) is 0 Å². The molecule has 2 bridgehead atoms. The predicted molar refractivity (Wildman–Crippen MR) is 85.9 cm³/mol. The quantitative estimate of drug-likeness (QED) is 0.798. The molecule has 5 heteroatoms. The van der Waals surface area contributed by atoms with Gasteiger partial charge in [0.2, 0.25) is 5.91 Å². The molecule has 2 aromatic heterocycles. The standard InChI is InChI=1S/C18H18N2O3/c21-17(7-6-15-3-2-8-23-15)19-10-13-9-14(12-19)16-4-1-5-18(22)20(16)11-13/h1-8,13-14H,9-12H2/t13-,14-/m1/s1. The molecule has 2 aliphatic rings. The molecule has 23 heavy (non-hydrogen) atoms. The van der Waals surface area contributed by atoms with Crippen LogP contribution in [0.1, 0.15) is 23.8 Å². The normalized spacial score (nSPS) is 23.0. The fourth-order valence-electron chi connectivity index (χ4n) is 3.72. The van der Waals surface area contributed by atoms with E-state index in [4.69, 9.17) is 4.42 Å². The topological polar surface area (TPSA) is 55.5 Å². The predicted octanol–water partition coefficient (Wildman–Crippen LogP) is 2.10. The number of hydrogen-bond donors (Lipinski definition) is 0. The van der Waals surface area contributed by atoms with Crippen LogP contribution in [0.15, 0.2) is 51.9 Å². The van der Waals surface area contributed by atoms with Crippen molar-refractivity contribution in [2.24, 2.45) is 5.92 Å². The van der Waals surface area contributed by atoms with E-state index in [1.165, 1.54) is 0 Å². The fourth-order valence-corrected chi connectivity index (χ4v) is 3.72. The number of nitrogens with zero attached hydrogens (tertiary/aromatic N) is 2. The summed E-state index contributed by atoms with van der Waals surface area (Å²) < 4.78 is 7.08. The van der Waals surface area contributed by atoms with Gasteiger partial charge in [0.25, 0.3) is 5.56 Å². The Morgan fingerprint density at radius 3 is 2.91 bits per heavy atom. The van der Waals surface area contributed by atoms with Gasteiger partial charge in [0, 0.05) is 43.4 Å². The number of piperidine rings is 1. The average Bonchev–Trinajstić information content (AvgIpc) is 3.07. The Morgan fingerprint density at radius 2 is 2.09 bits per heavy atom. The number of carbonyl (C=O) groups is 1. The Hall–Kier alpha value is -2.56. The number of amides is 1. The van der Waals surface area contributed by atoms with Gasteiger partial charge in [-0.2, -0.15) is 0 Å². The summed E-state index contributed by atoms with van der Waals surface area (Å²) in [5, 5.41) is 0. The van der Waals surface area contributed by atoms with Gasteiger partial charge >= 0.3 is 0 Å². The zero-order valence-corrected chi connectivity index (χ0v) is 12.7. The molecule has 2 atom stereocenters. The Bertz CT molecular complexity index is 804. The zero-order valence-electron chi connectivity index (χ0n) is 12.7. The molecule has 4 rings (SSSR count). The number of likely N-dealkylation sites (tertiary alicyclic amines) is 1. The molecule has 2 aromatic rings. The fraction of sp³-hybridized carbons (Fsp3) is 0.333. The Morgan fingerprint density at radius 1 is 1.17 bits per heavy atom. The molecule has 0 unspecified atom stereocenters. The lowest BCUT2D eigenvalue weighted by Crippen LogP contribution is -2.48. The molecule has 0 saturated carbocycles. The molecule has 118 valence electrons. The SMILES string of the molecule is O=C(C=Cc1ccco1)N1C[C@H]2C[C@H](C1)c1cccc(=O)n1C2. The second-order valence-corrected chi connectivity index (χ2v) is 6.29. The van der Waals surface area contributed by atoms with Crippen LogP contribution in [0.25, 0.3) is 6.08 Å². The lowest BCUT2D eigenvalue weighted by Gasteiger charge is -2.42. The van der Waals surface area contributed by atoms with E-state index >= 15 is 0 Å². The molecule has 0 spiro atoms. The molecule has 2 aliphatic heterocycles. The average molecular weight is 310 g/mol. The highest BCUT2D eigenvalue weighted by molar-refractivity contribution is 5.91. The number of carbonyl (C=O) groups excluding carboxylic acids is 1. The number of pyridine rings is 1. The summed E-state index contributed by atoms with van der Waals surface area (Å²) in [5.74, 6) is 1.27. The summed E-state index contributed by atoms with van der Waals surface area (Å²) >= 11 is 0. The van der Waals surface area contributed by atoms with Crippen LogP contribution < -0.4 is 5.56 Å². The number of furan rings is 1. The number of hydrogen-bond acceptors (Lipinski definition) is 3. The van der Waals surface area contributed by atoms with Gasteiger partial charge in [0.05, 0.1) is 6.26 Å². The Balaban J connectivity index is 1.54. The highest BCUT2D eigenvalue weighted by atomic mass is 16.3. The number of rotatable bonds is 2. The molecular formula is C18H18N2O3. The lowest BCUT2D eigenvalue weighted by molar-refractivity contribution is -0.128. The molecular weight excluding hydrogens is 292 g/mol. The second kappa shape index (κ2) is 5.57. The van der Waals surface area contributed by atoms with Crippen molar-refractivity contribution in [2.45, 2.75) is 18.9 Å². The maximum Gasteiger partial charge on any atom is 0.250 e. The van der Waals surface area contributed by atoms with Crippen LogP contribution in [0.3, 0.4) is 0 Å². The first kappa shape index (κ1) is 14.1. The van der Waals surface area contributed by atoms with Gasteiger partial charge in [-0.3, -0.25) is 9.59 Å². The van der Waals surface area contributed by atoms with E-state index in [9.17, 15) is 9.59 Å². The largest absolute Gasteiger partial charge is 0.465 e. The lowest BCUT2D eigenvalue weighted by atomic mass is 9.83. The molecule has 1 saturated heterocycles. The Kier molecular flexibility index (Phi) is 3.41. The van der Waals surface area contributed by atoms with E-state index in [1.54, 1.807) is 30.5 Å². The van der Waals surface area contributed by atoms with Crippen molar-refractivity contribution in [3.8, 4) is 0 Å². The van der Waals surface area contributed by atoms with Crippen molar-refractivity contribution >= 4 is 12.0 Å². The van der Waals surface area contributed by atoms with E-state index in [1.807, 2.05) is 27.7 Å². The number of aromatic nitrogens is 1. The van der Waals surface area contributed by atoms with Crippen molar-refractivity contribution in [3.05, 3.63) is 64.5 Å².